The van der Waals surface area contributed by atoms with Crippen LogP contribution in [0.15, 0.2) is 0 Å². The maximum absolute atomic E-state index is 5.51. The van der Waals surface area contributed by atoms with Crippen LogP contribution in [0, 0.1) is 0 Å². The molecule has 1 aliphatic heterocycles. The minimum atomic E-state index is 0.266. The molecule has 1 saturated heterocycles. The summed E-state index contributed by atoms with van der Waals surface area (Å²) in [7, 11) is 0. The van der Waals surface area contributed by atoms with Gasteiger partial charge < -0.3 is 14.8 Å². The van der Waals surface area contributed by atoms with Crippen molar-refractivity contribution in [2.24, 2.45) is 0 Å². The summed E-state index contributed by atoms with van der Waals surface area (Å²) in [5.74, 6) is 2.48. The Labute approximate surface area is 90.9 Å². The van der Waals surface area contributed by atoms with Crippen LogP contribution in [0.4, 0.5) is 0 Å². The van der Waals surface area contributed by atoms with Crippen LogP contribution in [-0.4, -0.2) is 50.5 Å². The standard InChI is InChI=1S/C10H21NO2S/c1-2-14-7-3-4-11-8-10-9-12-5-6-13-10/h10-11H,2-9H2,1H3. The number of hydrogen-bond acceptors (Lipinski definition) is 4. The fraction of sp³-hybridized carbons (Fsp3) is 1.00. The number of ether oxygens (including phenoxy) is 2. The molecule has 0 aliphatic carbocycles. The van der Waals surface area contributed by atoms with Crippen molar-refractivity contribution in [3.05, 3.63) is 0 Å². The zero-order valence-corrected chi connectivity index (χ0v) is 9.78. The molecule has 14 heavy (non-hydrogen) atoms. The third-order valence-electron chi connectivity index (χ3n) is 2.10. The summed E-state index contributed by atoms with van der Waals surface area (Å²) in [6, 6.07) is 0. The predicted octanol–water partition coefficient (Wildman–Crippen LogP) is 1.13. The van der Waals surface area contributed by atoms with E-state index in [0.29, 0.717) is 0 Å². The molecule has 0 aromatic heterocycles. The zero-order chi connectivity index (χ0) is 10.1. The average Bonchev–Trinajstić information content (AvgIpc) is 2.25. The number of rotatable bonds is 7. The molecule has 0 bridgehead atoms. The number of thioether (sulfide) groups is 1. The highest BCUT2D eigenvalue weighted by Gasteiger charge is 2.12. The summed E-state index contributed by atoms with van der Waals surface area (Å²) in [5, 5.41) is 3.40. The maximum Gasteiger partial charge on any atom is 0.0933 e. The van der Waals surface area contributed by atoms with Gasteiger partial charge in [-0.2, -0.15) is 11.8 Å². The van der Waals surface area contributed by atoms with Gasteiger partial charge >= 0.3 is 0 Å². The maximum atomic E-state index is 5.51. The second-order valence-corrected chi connectivity index (χ2v) is 4.72. The highest BCUT2D eigenvalue weighted by atomic mass is 32.2. The van der Waals surface area contributed by atoms with Crippen LogP contribution in [0.1, 0.15) is 13.3 Å². The topological polar surface area (TPSA) is 30.5 Å². The normalized spacial score (nSPS) is 22.5. The van der Waals surface area contributed by atoms with Gasteiger partial charge in [0, 0.05) is 6.54 Å². The van der Waals surface area contributed by atoms with Crippen molar-refractivity contribution in [2.45, 2.75) is 19.4 Å². The molecule has 0 amide bonds. The molecule has 1 rings (SSSR count). The Morgan fingerprint density at radius 2 is 2.36 bits per heavy atom. The van der Waals surface area contributed by atoms with Gasteiger partial charge in [0.05, 0.1) is 25.9 Å². The third kappa shape index (κ3) is 5.86. The van der Waals surface area contributed by atoms with Gasteiger partial charge in [0.25, 0.3) is 0 Å². The van der Waals surface area contributed by atoms with Gasteiger partial charge in [-0.15, -0.1) is 0 Å². The van der Waals surface area contributed by atoms with Crippen LogP contribution < -0.4 is 5.32 Å². The van der Waals surface area contributed by atoms with Crippen molar-refractivity contribution in [3.8, 4) is 0 Å². The summed E-state index contributed by atoms with van der Waals surface area (Å²) in [6.45, 7) is 6.47. The number of nitrogens with one attached hydrogen (secondary N) is 1. The van der Waals surface area contributed by atoms with Gasteiger partial charge in [0.2, 0.25) is 0 Å². The van der Waals surface area contributed by atoms with E-state index in [1.165, 1.54) is 17.9 Å². The molecule has 0 saturated carbocycles. The van der Waals surface area contributed by atoms with Crippen molar-refractivity contribution in [1.82, 2.24) is 5.32 Å². The van der Waals surface area contributed by atoms with Crippen LogP contribution in [0.5, 0.6) is 0 Å². The van der Waals surface area contributed by atoms with E-state index in [9.17, 15) is 0 Å². The molecule has 1 N–H and O–H groups in total. The molecule has 3 nitrogen and oxygen atoms in total. The van der Waals surface area contributed by atoms with Crippen LogP contribution >= 0.6 is 11.8 Å². The summed E-state index contributed by atoms with van der Waals surface area (Å²) < 4.78 is 10.8. The Bertz CT molecular complexity index is 129. The molecular formula is C10H21NO2S. The van der Waals surface area contributed by atoms with Crippen molar-refractivity contribution in [3.63, 3.8) is 0 Å². The second-order valence-electron chi connectivity index (χ2n) is 3.32. The van der Waals surface area contributed by atoms with E-state index in [0.717, 1.165) is 32.9 Å². The van der Waals surface area contributed by atoms with E-state index in [2.05, 4.69) is 12.2 Å². The lowest BCUT2D eigenvalue weighted by atomic mass is 10.3. The Morgan fingerprint density at radius 1 is 1.43 bits per heavy atom. The molecule has 1 unspecified atom stereocenters. The molecule has 4 heteroatoms. The Morgan fingerprint density at radius 3 is 3.07 bits per heavy atom. The minimum Gasteiger partial charge on any atom is -0.376 e. The summed E-state index contributed by atoms with van der Waals surface area (Å²) in [4.78, 5) is 0. The molecule has 0 aromatic rings. The van der Waals surface area contributed by atoms with Crippen LogP contribution in [0.3, 0.4) is 0 Å². The number of hydrogen-bond donors (Lipinski definition) is 1. The van der Waals surface area contributed by atoms with E-state index in [1.807, 2.05) is 11.8 Å². The molecule has 0 aromatic carbocycles. The summed E-state index contributed by atoms with van der Waals surface area (Å²) in [6.07, 6.45) is 1.51. The first-order valence-electron chi connectivity index (χ1n) is 5.41. The molecule has 1 atom stereocenters. The first kappa shape index (κ1) is 12.3. The van der Waals surface area contributed by atoms with Gasteiger partial charge in [-0.1, -0.05) is 6.92 Å². The molecule has 1 fully saturated rings. The SMILES string of the molecule is CCSCCCNCC1COCCO1. The van der Waals surface area contributed by atoms with Gasteiger partial charge in [0.15, 0.2) is 0 Å². The highest BCUT2D eigenvalue weighted by Crippen LogP contribution is 2.01. The monoisotopic (exact) mass is 219 g/mol. The van der Waals surface area contributed by atoms with E-state index in [4.69, 9.17) is 9.47 Å². The third-order valence-corrected chi connectivity index (χ3v) is 3.09. The second kappa shape index (κ2) is 8.53. The largest absolute Gasteiger partial charge is 0.376 e. The van der Waals surface area contributed by atoms with Crippen LogP contribution in [0.25, 0.3) is 0 Å². The van der Waals surface area contributed by atoms with Gasteiger partial charge in [-0.25, -0.2) is 0 Å². The van der Waals surface area contributed by atoms with Gasteiger partial charge in [-0.3, -0.25) is 0 Å². The zero-order valence-electron chi connectivity index (χ0n) is 8.96. The Kier molecular flexibility index (Phi) is 7.50. The van der Waals surface area contributed by atoms with Crippen LogP contribution in [0.2, 0.25) is 0 Å². The first-order valence-corrected chi connectivity index (χ1v) is 6.56. The van der Waals surface area contributed by atoms with Crippen molar-refractivity contribution >= 4 is 11.8 Å². The molecule has 0 spiro atoms. The molecular weight excluding hydrogens is 198 g/mol. The van der Waals surface area contributed by atoms with E-state index >= 15 is 0 Å². The summed E-state index contributed by atoms with van der Waals surface area (Å²) >= 11 is 2.00. The highest BCUT2D eigenvalue weighted by molar-refractivity contribution is 7.99. The van der Waals surface area contributed by atoms with E-state index in [1.54, 1.807) is 0 Å². The van der Waals surface area contributed by atoms with E-state index < -0.39 is 0 Å². The molecule has 84 valence electrons. The van der Waals surface area contributed by atoms with Gasteiger partial charge in [-0.05, 0) is 24.5 Å². The lowest BCUT2D eigenvalue weighted by Crippen LogP contribution is -2.37. The van der Waals surface area contributed by atoms with Crippen molar-refractivity contribution < 1.29 is 9.47 Å². The van der Waals surface area contributed by atoms with Crippen molar-refractivity contribution in [1.29, 1.82) is 0 Å². The first-order chi connectivity index (χ1) is 6.93. The summed E-state index contributed by atoms with van der Waals surface area (Å²) in [5.41, 5.74) is 0. The fourth-order valence-electron chi connectivity index (χ4n) is 1.36. The minimum absolute atomic E-state index is 0.266. The van der Waals surface area contributed by atoms with Crippen molar-refractivity contribution in [2.75, 3.05) is 44.4 Å². The molecule has 1 aliphatic rings. The Hall–Kier alpha value is 0.230. The molecule has 1 heterocycles. The predicted molar refractivity (Wildman–Crippen MR) is 61.0 cm³/mol. The molecule has 0 radical (unpaired) electrons. The lowest BCUT2D eigenvalue weighted by Gasteiger charge is -2.23. The quantitative estimate of drug-likeness (QED) is 0.650. The Balaban J connectivity index is 1.82. The van der Waals surface area contributed by atoms with Crippen LogP contribution in [-0.2, 0) is 9.47 Å². The van der Waals surface area contributed by atoms with Gasteiger partial charge in [0.1, 0.15) is 0 Å². The smallest absolute Gasteiger partial charge is 0.0933 e. The fourth-order valence-corrected chi connectivity index (χ4v) is 2.00. The lowest BCUT2D eigenvalue weighted by molar-refractivity contribution is -0.0862. The van der Waals surface area contributed by atoms with E-state index in [-0.39, 0.29) is 6.10 Å². The average molecular weight is 219 g/mol.